The molecule has 1 N–H and O–H groups in total. The predicted molar refractivity (Wildman–Crippen MR) is 110 cm³/mol. The van der Waals surface area contributed by atoms with Crippen molar-refractivity contribution in [3.63, 3.8) is 0 Å². The number of nitrogens with zero attached hydrogens (tertiary/aromatic N) is 2. The molecular weight excluding hydrogens is 405 g/mol. The standard InChI is InChI=1S/C24H27F3N2O2/c1-23(31,24(25,26)27)19-8-4-17(5-9-19)22(30)29(21-12-13-21)20-10-6-16(7-11-20)18-3-2-14-28-15-18/h2-5,8-9,14-16,20-21,31H,6-7,10-13H2,1H3/t16-,20+,23-/m0/s1. The van der Waals surface area contributed by atoms with Gasteiger partial charge in [-0.05, 0) is 80.7 Å². The summed E-state index contributed by atoms with van der Waals surface area (Å²) in [6.07, 6.45) is 4.61. The van der Waals surface area contributed by atoms with E-state index in [2.05, 4.69) is 11.1 Å². The van der Waals surface area contributed by atoms with E-state index in [0.29, 0.717) is 11.5 Å². The second-order valence-electron chi connectivity index (χ2n) is 8.88. The lowest BCUT2D eigenvalue weighted by atomic mass is 9.81. The highest BCUT2D eigenvalue weighted by Crippen LogP contribution is 2.40. The van der Waals surface area contributed by atoms with Gasteiger partial charge in [0.05, 0.1) is 0 Å². The average molecular weight is 432 g/mol. The van der Waals surface area contributed by atoms with Crippen LogP contribution in [0.2, 0.25) is 0 Å². The van der Waals surface area contributed by atoms with Gasteiger partial charge >= 0.3 is 6.18 Å². The highest BCUT2D eigenvalue weighted by Gasteiger charge is 2.51. The summed E-state index contributed by atoms with van der Waals surface area (Å²) in [5.74, 6) is 0.315. The quantitative estimate of drug-likeness (QED) is 0.708. The molecule has 0 aliphatic heterocycles. The maximum Gasteiger partial charge on any atom is 0.421 e. The Labute approximate surface area is 180 Å². The fourth-order valence-electron chi connectivity index (χ4n) is 4.54. The first-order valence-corrected chi connectivity index (χ1v) is 10.8. The molecule has 2 aliphatic carbocycles. The normalized spacial score (nSPS) is 23.8. The minimum absolute atomic E-state index is 0.134. The van der Waals surface area contributed by atoms with Gasteiger partial charge in [-0.25, -0.2) is 0 Å². The third kappa shape index (κ3) is 4.47. The summed E-state index contributed by atoms with van der Waals surface area (Å²) in [6.45, 7) is 0.723. The summed E-state index contributed by atoms with van der Waals surface area (Å²) >= 11 is 0. The number of benzene rings is 1. The summed E-state index contributed by atoms with van der Waals surface area (Å²) in [5, 5.41) is 9.86. The van der Waals surface area contributed by atoms with E-state index >= 15 is 0 Å². The minimum atomic E-state index is -4.79. The Bertz CT molecular complexity index is 901. The largest absolute Gasteiger partial charge is 0.421 e. The van der Waals surface area contributed by atoms with Crippen LogP contribution in [0.5, 0.6) is 0 Å². The third-order valence-corrected chi connectivity index (χ3v) is 6.67. The van der Waals surface area contributed by atoms with Crippen LogP contribution in [0.1, 0.15) is 72.9 Å². The van der Waals surface area contributed by atoms with Crippen molar-refractivity contribution < 1.29 is 23.1 Å². The average Bonchev–Trinajstić information content (AvgIpc) is 3.59. The van der Waals surface area contributed by atoms with Crippen molar-refractivity contribution >= 4 is 5.91 Å². The van der Waals surface area contributed by atoms with Crippen LogP contribution in [0.4, 0.5) is 13.2 Å². The van der Waals surface area contributed by atoms with Crippen molar-refractivity contribution in [2.24, 2.45) is 0 Å². The van der Waals surface area contributed by atoms with Crippen molar-refractivity contribution in [3.05, 3.63) is 65.5 Å². The van der Waals surface area contributed by atoms with E-state index in [4.69, 9.17) is 0 Å². The number of hydrogen-bond donors (Lipinski definition) is 1. The van der Waals surface area contributed by atoms with E-state index in [0.717, 1.165) is 45.4 Å². The first-order valence-electron chi connectivity index (χ1n) is 10.8. The zero-order valence-corrected chi connectivity index (χ0v) is 17.5. The van der Waals surface area contributed by atoms with Crippen LogP contribution in [0.25, 0.3) is 0 Å². The van der Waals surface area contributed by atoms with E-state index in [-0.39, 0.29) is 23.6 Å². The smallest absolute Gasteiger partial charge is 0.376 e. The number of alkyl halides is 3. The Balaban J connectivity index is 1.46. The molecule has 1 heterocycles. The molecule has 1 aromatic heterocycles. The summed E-state index contributed by atoms with van der Waals surface area (Å²) in [6, 6.07) is 9.59. The maximum atomic E-state index is 13.3. The zero-order chi connectivity index (χ0) is 22.2. The summed E-state index contributed by atoms with van der Waals surface area (Å²) in [5.41, 5.74) is -1.62. The lowest BCUT2D eigenvalue weighted by molar-refractivity contribution is -0.258. The van der Waals surface area contributed by atoms with E-state index < -0.39 is 11.8 Å². The number of aliphatic hydroxyl groups is 1. The SMILES string of the molecule is C[C@](O)(c1ccc(C(=O)N(C2CC2)[C@H]2CC[C@@H](c3cccnc3)CC2)cc1)C(F)(F)F. The van der Waals surface area contributed by atoms with Crippen LogP contribution in [0.15, 0.2) is 48.8 Å². The number of carbonyl (C=O) groups is 1. The fraction of sp³-hybridized carbons (Fsp3) is 0.500. The van der Waals surface area contributed by atoms with Gasteiger partial charge in [0.1, 0.15) is 0 Å². The first-order chi connectivity index (χ1) is 14.7. The molecule has 7 heteroatoms. The van der Waals surface area contributed by atoms with Crippen LogP contribution in [0, 0.1) is 0 Å². The topological polar surface area (TPSA) is 53.4 Å². The highest BCUT2D eigenvalue weighted by atomic mass is 19.4. The van der Waals surface area contributed by atoms with Crippen LogP contribution in [-0.2, 0) is 5.60 Å². The Morgan fingerprint density at radius 2 is 1.58 bits per heavy atom. The Morgan fingerprint density at radius 3 is 2.06 bits per heavy atom. The predicted octanol–water partition coefficient (Wildman–Crippen LogP) is 5.18. The molecule has 0 radical (unpaired) electrons. The molecule has 2 aliphatic rings. The van der Waals surface area contributed by atoms with Crippen molar-refractivity contribution in [3.8, 4) is 0 Å². The molecule has 4 rings (SSSR count). The molecule has 0 bridgehead atoms. The van der Waals surface area contributed by atoms with Crippen molar-refractivity contribution in [2.75, 3.05) is 0 Å². The molecule has 0 saturated heterocycles. The van der Waals surface area contributed by atoms with Crippen LogP contribution < -0.4 is 0 Å². The summed E-state index contributed by atoms with van der Waals surface area (Å²) in [7, 11) is 0. The Kier molecular flexibility index (Phi) is 5.81. The van der Waals surface area contributed by atoms with Crippen molar-refractivity contribution in [2.45, 2.75) is 75.2 Å². The van der Waals surface area contributed by atoms with E-state index in [1.54, 1.807) is 6.20 Å². The summed E-state index contributed by atoms with van der Waals surface area (Å²) in [4.78, 5) is 19.4. The van der Waals surface area contributed by atoms with Gasteiger partial charge in [0.15, 0.2) is 5.60 Å². The van der Waals surface area contributed by atoms with Gasteiger partial charge in [-0.1, -0.05) is 18.2 Å². The first kappa shape index (κ1) is 21.8. The van der Waals surface area contributed by atoms with Crippen LogP contribution in [-0.4, -0.2) is 39.2 Å². The van der Waals surface area contributed by atoms with Gasteiger partial charge in [-0.3, -0.25) is 9.78 Å². The molecule has 1 atom stereocenters. The lowest BCUT2D eigenvalue weighted by Crippen LogP contribution is -2.44. The lowest BCUT2D eigenvalue weighted by Gasteiger charge is -2.37. The molecular formula is C24H27F3N2O2. The Hall–Kier alpha value is -2.41. The van der Waals surface area contributed by atoms with Gasteiger partial charge in [0.25, 0.3) is 5.91 Å². The number of aromatic nitrogens is 1. The van der Waals surface area contributed by atoms with E-state index in [9.17, 15) is 23.1 Å². The minimum Gasteiger partial charge on any atom is -0.376 e. The molecule has 1 amide bonds. The second kappa shape index (κ2) is 8.26. The number of hydrogen-bond acceptors (Lipinski definition) is 3. The van der Waals surface area contributed by atoms with Gasteiger partial charge in [0, 0.05) is 30.0 Å². The molecule has 2 saturated carbocycles. The molecule has 0 unspecified atom stereocenters. The van der Waals surface area contributed by atoms with E-state index in [1.807, 2.05) is 17.2 Å². The molecule has 166 valence electrons. The van der Waals surface area contributed by atoms with Crippen molar-refractivity contribution in [1.82, 2.24) is 9.88 Å². The van der Waals surface area contributed by atoms with Crippen LogP contribution in [0.3, 0.4) is 0 Å². The van der Waals surface area contributed by atoms with E-state index in [1.165, 1.54) is 29.8 Å². The number of rotatable bonds is 5. The third-order valence-electron chi connectivity index (χ3n) is 6.67. The summed E-state index contributed by atoms with van der Waals surface area (Å²) < 4.78 is 39.3. The number of pyridine rings is 1. The fourth-order valence-corrected chi connectivity index (χ4v) is 4.54. The highest BCUT2D eigenvalue weighted by molar-refractivity contribution is 5.95. The Morgan fingerprint density at radius 1 is 1.00 bits per heavy atom. The van der Waals surface area contributed by atoms with Crippen molar-refractivity contribution in [1.29, 1.82) is 0 Å². The van der Waals surface area contributed by atoms with Crippen LogP contribution >= 0.6 is 0 Å². The number of amides is 1. The maximum absolute atomic E-state index is 13.3. The molecule has 31 heavy (non-hydrogen) atoms. The van der Waals surface area contributed by atoms with Gasteiger partial charge < -0.3 is 10.0 Å². The van der Waals surface area contributed by atoms with Gasteiger partial charge in [-0.2, -0.15) is 13.2 Å². The molecule has 4 nitrogen and oxygen atoms in total. The van der Waals surface area contributed by atoms with Gasteiger partial charge in [0.2, 0.25) is 0 Å². The van der Waals surface area contributed by atoms with Gasteiger partial charge in [-0.15, -0.1) is 0 Å². The number of carbonyl (C=O) groups excluding carboxylic acids is 1. The molecule has 0 spiro atoms. The molecule has 2 aromatic rings. The number of halogens is 3. The zero-order valence-electron chi connectivity index (χ0n) is 17.5. The second-order valence-corrected chi connectivity index (χ2v) is 8.88. The molecule has 2 fully saturated rings. The monoisotopic (exact) mass is 432 g/mol. The molecule has 1 aromatic carbocycles.